The normalized spacial score (nSPS) is 11.5. The Morgan fingerprint density at radius 1 is 1.50 bits per heavy atom. The number of pyridine rings is 1. The lowest BCUT2D eigenvalue weighted by Gasteiger charge is -2.13. The number of nitrogens with zero attached hydrogens (tertiary/aromatic N) is 3. The molecule has 1 rings (SSSR count). The summed E-state index contributed by atoms with van der Waals surface area (Å²) in [6, 6.07) is 5.58. The number of thioether (sulfide) groups is 1. The van der Waals surface area contributed by atoms with Gasteiger partial charge in [-0.25, -0.2) is 4.98 Å². The summed E-state index contributed by atoms with van der Waals surface area (Å²) in [5.41, 5.74) is 0.752. The van der Waals surface area contributed by atoms with Gasteiger partial charge in [0.2, 0.25) is 0 Å². The summed E-state index contributed by atoms with van der Waals surface area (Å²) >= 11 is 1.45. The van der Waals surface area contributed by atoms with Crippen LogP contribution in [0.3, 0.4) is 0 Å². The quantitative estimate of drug-likeness (QED) is 0.611. The van der Waals surface area contributed by atoms with Gasteiger partial charge in [-0.15, -0.1) is 11.8 Å². The highest BCUT2D eigenvalue weighted by Gasteiger charge is 2.24. The highest BCUT2D eigenvalue weighted by Crippen LogP contribution is 2.26. The summed E-state index contributed by atoms with van der Waals surface area (Å²) in [4.78, 5) is 16.5. The molecule has 0 aromatic carbocycles. The summed E-state index contributed by atoms with van der Waals surface area (Å²) in [6.45, 7) is 5.40. The van der Waals surface area contributed by atoms with Crippen LogP contribution >= 0.6 is 11.8 Å². The van der Waals surface area contributed by atoms with Crippen molar-refractivity contribution in [3.05, 3.63) is 23.5 Å². The summed E-state index contributed by atoms with van der Waals surface area (Å²) < 4.78 is 5.05. The van der Waals surface area contributed by atoms with Crippen LogP contribution in [0.15, 0.2) is 17.2 Å². The van der Waals surface area contributed by atoms with E-state index in [-0.39, 0.29) is 6.10 Å². The topological polar surface area (TPSA) is 86.8 Å². The van der Waals surface area contributed by atoms with E-state index < -0.39 is 11.9 Å². The molecule has 1 heterocycles. The Morgan fingerprint density at radius 2 is 2.20 bits per heavy atom. The number of carbonyl (C=O) groups excluding carboxylic acids is 1. The minimum atomic E-state index is -1.02. The molecule has 1 atom stereocenters. The monoisotopic (exact) mass is 289 g/mol. The van der Waals surface area contributed by atoms with E-state index in [1.165, 1.54) is 18.0 Å². The molecule has 0 bridgehead atoms. The van der Waals surface area contributed by atoms with Gasteiger partial charge in [-0.3, -0.25) is 4.79 Å². The van der Waals surface area contributed by atoms with Crippen LogP contribution in [0.1, 0.15) is 37.9 Å². The van der Waals surface area contributed by atoms with E-state index in [1.54, 1.807) is 19.9 Å². The van der Waals surface area contributed by atoms with Crippen LogP contribution in [-0.2, 0) is 9.53 Å². The third-order valence-corrected chi connectivity index (χ3v) is 3.24. The van der Waals surface area contributed by atoms with Crippen molar-refractivity contribution in [3.8, 4) is 12.1 Å². The van der Waals surface area contributed by atoms with Crippen molar-refractivity contribution in [3.63, 3.8) is 0 Å². The SMILES string of the molecule is CCSc1cc(C(C#N)C(=O)OC(C)C)cnc1C#N. The van der Waals surface area contributed by atoms with Gasteiger partial charge in [0.15, 0.2) is 11.6 Å². The lowest BCUT2D eigenvalue weighted by molar-refractivity contribution is -0.147. The van der Waals surface area contributed by atoms with Crippen LogP contribution in [0, 0.1) is 22.7 Å². The molecule has 0 aliphatic heterocycles. The van der Waals surface area contributed by atoms with Gasteiger partial charge in [0.25, 0.3) is 0 Å². The van der Waals surface area contributed by atoms with Gasteiger partial charge >= 0.3 is 5.97 Å². The molecule has 104 valence electrons. The number of carbonyl (C=O) groups is 1. The molecule has 1 aromatic rings. The molecule has 6 heteroatoms. The smallest absolute Gasteiger partial charge is 0.328 e. The average molecular weight is 289 g/mol. The van der Waals surface area contributed by atoms with Crippen LogP contribution in [0.4, 0.5) is 0 Å². The molecule has 0 aliphatic rings. The third-order valence-electron chi connectivity index (χ3n) is 2.33. The second-order valence-electron chi connectivity index (χ2n) is 4.21. The molecule has 5 nitrogen and oxygen atoms in total. The number of hydrogen-bond acceptors (Lipinski definition) is 6. The number of hydrogen-bond donors (Lipinski definition) is 0. The molecule has 0 amide bonds. The van der Waals surface area contributed by atoms with Crippen molar-refractivity contribution in [2.75, 3.05) is 5.75 Å². The van der Waals surface area contributed by atoms with Crippen LogP contribution in [0.25, 0.3) is 0 Å². The summed E-state index contributed by atoms with van der Waals surface area (Å²) in [5, 5.41) is 18.1. The lowest BCUT2D eigenvalue weighted by Crippen LogP contribution is -2.19. The van der Waals surface area contributed by atoms with E-state index in [0.717, 1.165) is 5.75 Å². The number of ether oxygens (including phenoxy) is 1. The zero-order chi connectivity index (χ0) is 15.1. The molecular formula is C14H15N3O2S. The Bertz CT molecular complexity index is 573. The highest BCUT2D eigenvalue weighted by atomic mass is 32.2. The Hall–Kier alpha value is -2.05. The van der Waals surface area contributed by atoms with Crippen molar-refractivity contribution in [1.29, 1.82) is 10.5 Å². The summed E-state index contributed by atoms with van der Waals surface area (Å²) in [5.74, 6) is -0.844. The van der Waals surface area contributed by atoms with Crippen molar-refractivity contribution in [2.45, 2.75) is 37.7 Å². The van der Waals surface area contributed by atoms with Crippen LogP contribution < -0.4 is 0 Å². The summed E-state index contributed by atoms with van der Waals surface area (Å²) in [7, 11) is 0. The molecule has 1 unspecified atom stereocenters. The fraction of sp³-hybridized carbons (Fsp3) is 0.429. The average Bonchev–Trinajstić information content (AvgIpc) is 2.39. The predicted molar refractivity (Wildman–Crippen MR) is 74.9 cm³/mol. The number of nitriles is 2. The van der Waals surface area contributed by atoms with E-state index >= 15 is 0 Å². The summed E-state index contributed by atoms with van der Waals surface area (Å²) in [6.07, 6.45) is 1.10. The molecule has 1 aromatic heterocycles. The first-order chi connectivity index (χ1) is 9.53. The van der Waals surface area contributed by atoms with E-state index in [4.69, 9.17) is 15.3 Å². The van der Waals surface area contributed by atoms with E-state index in [1.807, 2.05) is 19.1 Å². The maximum absolute atomic E-state index is 11.9. The van der Waals surface area contributed by atoms with Crippen molar-refractivity contribution in [1.82, 2.24) is 4.98 Å². The second-order valence-corrected chi connectivity index (χ2v) is 5.51. The van der Waals surface area contributed by atoms with Gasteiger partial charge in [-0.2, -0.15) is 10.5 Å². The van der Waals surface area contributed by atoms with Gasteiger partial charge < -0.3 is 4.74 Å². The minimum Gasteiger partial charge on any atom is -0.462 e. The fourth-order valence-electron chi connectivity index (χ4n) is 1.53. The van der Waals surface area contributed by atoms with Crippen LogP contribution in [0.5, 0.6) is 0 Å². The lowest BCUT2D eigenvalue weighted by atomic mass is 10.0. The van der Waals surface area contributed by atoms with Crippen molar-refractivity contribution in [2.24, 2.45) is 0 Å². The molecule has 20 heavy (non-hydrogen) atoms. The third kappa shape index (κ3) is 3.97. The highest BCUT2D eigenvalue weighted by molar-refractivity contribution is 7.99. The standard InChI is InChI=1S/C14H15N3O2S/c1-4-20-13-5-10(8-17-12(13)7-16)11(6-15)14(18)19-9(2)3/h5,8-9,11H,4H2,1-3H3. The Labute approximate surface area is 122 Å². The van der Waals surface area contributed by atoms with Crippen molar-refractivity contribution < 1.29 is 9.53 Å². The van der Waals surface area contributed by atoms with Crippen molar-refractivity contribution >= 4 is 17.7 Å². The molecule has 0 spiro atoms. The Morgan fingerprint density at radius 3 is 2.70 bits per heavy atom. The number of aromatic nitrogens is 1. The van der Waals surface area contributed by atoms with E-state index in [2.05, 4.69) is 4.98 Å². The maximum atomic E-state index is 11.9. The predicted octanol–water partition coefficient (Wildman–Crippen LogP) is 2.62. The van der Waals surface area contributed by atoms with E-state index in [0.29, 0.717) is 16.2 Å². The zero-order valence-electron chi connectivity index (χ0n) is 11.6. The molecule has 0 fully saturated rings. The van der Waals surface area contributed by atoms with Gasteiger partial charge in [-0.05, 0) is 31.2 Å². The van der Waals surface area contributed by atoms with Gasteiger partial charge in [0, 0.05) is 11.1 Å². The fourth-order valence-corrected chi connectivity index (χ4v) is 2.30. The van der Waals surface area contributed by atoms with Crippen LogP contribution in [-0.4, -0.2) is 22.8 Å². The Kier molecular flexibility index (Phi) is 6.02. The van der Waals surface area contributed by atoms with Gasteiger partial charge in [0.05, 0.1) is 12.2 Å². The molecule has 0 saturated heterocycles. The molecule has 0 aliphatic carbocycles. The second kappa shape index (κ2) is 7.52. The molecule has 0 saturated carbocycles. The van der Waals surface area contributed by atoms with E-state index in [9.17, 15) is 4.79 Å². The first kappa shape index (κ1) is 16.0. The first-order valence-corrected chi connectivity index (χ1v) is 7.15. The van der Waals surface area contributed by atoms with Gasteiger partial charge in [-0.1, -0.05) is 6.92 Å². The molecule has 0 radical (unpaired) electrons. The minimum absolute atomic E-state index is 0.283. The molecule has 0 N–H and O–H groups in total. The van der Waals surface area contributed by atoms with Gasteiger partial charge in [0.1, 0.15) is 6.07 Å². The maximum Gasteiger partial charge on any atom is 0.328 e. The van der Waals surface area contributed by atoms with Crippen LogP contribution in [0.2, 0.25) is 0 Å². The Balaban J connectivity index is 3.11. The molecular weight excluding hydrogens is 274 g/mol. The first-order valence-electron chi connectivity index (χ1n) is 6.16. The largest absolute Gasteiger partial charge is 0.462 e. The zero-order valence-corrected chi connectivity index (χ0v) is 12.4. The number of rotatable bonds is 5. The number of esters is 1.